The van der Waals surface area contributed by atoms with Crippen molar-refractivity contribution >= 4 is 19.9 Å². The van der Waals surface area contributed by atoms with Crippen LogP contribution >= 0.6 is 0 Å². The van der Waals surface area contributed by atoms with Gasteiger partial charge in [-0.25, -0.2) is 21.6 Å². The predicted molar refractivity (Wildman–Crippen MR) is 73.0 cm³/mol. The SMILES string of the molecule is Cc1ccc(S(=O)(=O)N[C@@H]2C=CS(=O)(=O)C2)cc1C. The molecule has 0 saturated heterocycles. The van der Waals surface area contributed by atoms with E-state index in [2.05, 4.69) is 4.72 Å². The summed E-state index contributed by atoms with van der Waals surface area (Å²) in [6.07, 6.45) is 1.36. The van der Waals surface area contributed by atoms with E-state index in [-0.39, 0.29) is 10.6 Å². The van der Waals surface area contributed by atoms with Crippen LogP contribution in [0.3, 0.4) is 0 Å². The predicted octanol–water partition coefficient (Wildman–Crippen LogP) is 0.892. The van der Waals surface area contributed by atoms with Gasteiger partial charge in [0.05, 0.1) is 16.7 Å². The molecule has 0 radical (unpaired) electrons. The second-order valence-corrected chi connectivity index (χ2v) is 8.28. The lowest BCUT2D eigenvalue weighted by molar-refractivity contribution is 0.574. The lowest BCUT2D eigenvalue weighted by Crippen LogP contribution is -2.35. The van der Waals surface area contributed by atoms with Gasteiger partial charge in [0.15, 0.2) is 9.84 Å². The van der Waals surface area contributed by atoms with Crippen LogP contribution in [0.5, 0.6) is 0 Å². The summed E-state index contributed by atoms with van der Waals surface area (Å²) in [5.41, 5.74) is 1.87. The van der Waals surface area contributed by atoms with Crippen molar-refractivity contribution in [3.8, 4) is 0 Å². The molecule has 1 aliphatic rings. The van der Waals surface area contributed by atoms with E-state index in [0.29, 0.717) is 0 Å². The van der Waals surface area contributed by atoms with Crippen LogP contribution in [0.4, 0.5) is 0 Å². The van der Waals surface area contributed by atoms with Gasteiger partial charge >= 0.3 is 0 Å². The molecular weight excluding hydrogens is 286 g/mol. The van der Waals surface area contributed by atoms with Gasteiger partial charge in [-0.3, -0.25) is 0 Å². The highest BCUT2D eigenvalue weighted by Gasteiger charge is 2.26. The van der Waals surface area contributed by atoms with E-state index < -0.39 is 25.9 Å². The molecule has 1 aromatic carbocycles. The highest BCUT2D eigenvalue weighted by atomic mass is 32.2. The molecule has 1 atom stereocenters. The van der Waals surface area contributed by atoms with E-state index in [1.165, 1.54) is 12.1 Å². The first-order chi connectivity index (χ1) is 8.70. The highest BCUT2D eigenvalue weighted by Crippen LogP contribution is 2.16. The molecule has 1 N–H and O–H groups in total. The minimum absolute atomic E-state index is 0.147. The van der Waals surface area contributed by atoms with Gasteiger partial charge in [-0.2, -0.15) is 0 Å². The first-order valence-electron chi connectivity index (χ1n) is 5.70. The molecule has 1 aliphatic heterocycles. The molecule has 19 heavy (non-hydrogen) atoms. The summed E-state index contributed by atoms with van der Waals surface area (Å²) < 4.78 is 49.1. The molecule has 2 rings (SSSR count). The van der Waals surface area contributed by atoms with E-state index in [9.17, 15) is 16.8 Å². The van der Waals surface area contributed by atoms with E-state index in [4.69, 9.17) is 0 Å². The molecule has 7 heteroatoms. The van der Waals surface area contributed by atoms with Crippen molar-refractivity contribution < 1.29 is 16.8 Å². The van der Waals surface area contributed by atoms with Crippen molar-refractivity contribution in [2.75, 3.05) is 5.75 Å². The molecule has 0 bridgehead atoms. The van der Waals surface area contributed by atoms with Crippen molar-refractivity contribution in [2.24, 2.45) is 0 Å². The number of aryl methyl sites for hydroxylation is 2. The molecule has 1 heterocycles. The molecule has 0 saturated carbocycles. The number of hydrogen-bond donors (Lipinski definition) is 1. The van der Waals surface area contributed by atoms with E-state index in [1.807, 2.05) is 13.8 Å². The van der Waals surface area contributed by atoms with Crippen molar-refractivity contribution in [3.05, 3.63) is 40.8 Å². The van der Waals surface area contributed by atoms with Crippen LogP contribution in [0.15, 0.2) is 34.6 Å². The Morgan fingerprint density at radius 1 is 1.21 bits per heavy atom. The minimum Gasteiger partial charge on any atom is -0.224 e. The topological polar surface area (TPSA) is 80.3 Å². The van der Waals surface area contributed by atoms with E-state index in [0.717, 1.165) is 16.5 Å². The van der Waals surface area contributed by atoms with Crippen LogP contribution in [0.2, 0.25) is 0 Å². The summed E-state index contributed by atoms with van der Waals surface area (Å²) in [6.45, 7) is 3.72. The molecule has 0 unspecified atom stereocenters. The zero-order valence-corrected chi connectivity index (χ0v) is 12.3. The third kappa shape index (κ3) is 3.23. The zero-order valence-electron chi connectivity index (χ0n) is 10.6. The normalized spacial score (nSPS) is 21.7. The summed E-state index contributed by atoms with van der Waals surface area (Å²) in [5, 5.41) is 1.04. The molecular formula is C12H15NO4S2. The molecule has 5 nitrogen and oxygen atoms in total. The van der Waals surface area contributed by atoms with Crippen molar-refractivity contribution in [1.29, 1.82) is 0 Å². The Kier molecular flexibility index (Phi) is 3.55. The van der Waals surface area contributed by atoms with Crippen molar-refractivity contribution in [2.45, 2.75) is 24.8 Å². The van der Waals surface area contributed by atoms with Crippen LogP contribution in [0.1, 0.15) is 11.1 Å². The number of sulfonamides is 1. The lowest BCUT2D eigenvalue weighted by Gasteiger charge is -2.12. The van der Waals surface area contributed by atoms with Gasteiger partial charge in [-0.1, -0.05) is 12.1 Å². The lowest BCUT2D eigenvalue weighted by atomic mass is 10.1. The van der Waals surface area contributed by atoms with E-state index in [1.54, 1.807) is 12.1 Å². The molecule has 1 aromatic rings. The Morgan fingerprint density at radius 2 is 1.89 bits per heavy atom. The Hall–Kier alpha value is -1.18. The van der Waals surface area contributed by atoms with E-state index >= 15 is 0 Å². The third-order valence-electron chi connectivity index (χ3n) is 3.03. The molecule has 0 fully saturated rings. The summed E-state index contributed by atoms with van der Waals surface area (Å²) in [4.78, 5) is 0.147. The molecule has 0 aromatic heterocycles. The average molecular weight is 301 g/mol. The smallest absolute Gasteiger partial charge is 0.224 e. The maximum absolute atomic E-state index is 12.1. The number of nitrogens with one attached hydrogen (secondary N) is 1. The maximum Gasteiger partial charge on any atom is 0.241 e. The Morgan fingerprint density at radius 3 is 2.42 bits per heavy atom. The molecule has 0 spiro atoms. The Bertz CT molecular complexity index is 733. The standard InChI is InChI=1S/C12H15NO4S2/c1-9-3-4-12(7-10(9)2)19(16,17)13-11-5-6-18(14,15)8-11/h3-7,11,13H,8H2,1-2H3/t11-/m1/s1. The Labute approximate surface area is 113 Å². The number of hydrogen-bond acceptors (Lipinski definition) is 4. The second kappa shape index (κ2) is 4.73. The van der Waals surface area contributed by atoms with Gasteiger partial charge in [0.1, 0.15) is 0 Å². The average Bonchev–Trinajstić information content (AvgIpc) is 2.61. The van der Waals surface area contributed by atoms with Crippen LogP contribution in [0.25, 0.3) is 0 Å². The van der Waals surface area contributed by atoms with Crippen LogP contribution in [-0.2, 0) is 19.9 Å². The van der Waals surface area contributed by atoms with Gasteiger partial charge in [0, 0.05) is 5.41 Å². The number of benzene rings is 1. The quantitative estimate of drug-likeness (QED) is 0.899. The highest BCUT2D eigenvalue weighted by molar-refractivity contribution is 7.94. The summed E-state index contributed by atoms with van der Waals surface area (Å²) in [6, 6.07) is 4.12. The van der Waals surface area contributed by atoms with Crippen LogP contribution in [-0.4, -0.2) is 28.6 Å². The van der Waals surface area contributed by atoms with Gasteiger partial charge in [-0.05, 0) is 37.1 Å². The third-order valence-corrected chi connectivity index (χ3v) is 5.91. The maximum atomic E-state index is 12.1. The minimum atomic E-state index is -3.70. The summed E-state index contributed by atoms with van der Waals surface area (Å²) >= 11 is 0. The molecule has 0 aliphatic carbocycles. The van der Waals surface area contributed by atoms with Crippen molar-refractivity contribution in [1.82, 2.24) is 4.72 Å². The van der Waals surface area contributed by atoms with Crippen LogP contribution < -0.4 is 4.72 Å². The zero-order chi connectivity index (χ0) is 14.3. The largest absolute Gasteiger partial charge is 0.241 e. The van der Waals surface area contributed by atoms with Crippen LogP contribution in [0, 0.1) is 13.8 Å². The fourth-order valence-electron chi connectivity index (χ4n) is 1.80. The van der Waals surface area contributed by atoms with Gasteiger partial charge < -0.3 is 0 Å². The fourth-order valence-corrected chi connectivity index (χ4v) is 4.41. The summed E-state index contributed by atoms with van der Waals surface area (Å²) in [7, 11) is -6.97. The molecule has 0 amide bonds. The van der Waals surface area contributed by atoms with Gasteiger partial charge in [-0.15, -0.1) is 0 Å². The van der Waals surface area contributed by atoms with Gasteiger partial charge in [0.2, 0.25) is 10.0 Å². The fraction of sp³-hybridized carbons (Fsp3) is 0.333. The Balaban J connectivity index is 2.24. The second-order valence-electron chi connectivity index (χ2n) is 4.63. The van der Waals surface area contributed by atoms with Gasteiger partial charge in [0.25, 0.3) is 0 Å². The first kappa shape index (κ1) is 14.2. The molecule has 104 valence electrons. The number of sulfone groups is 1. The van der Waals surface area contributed by atoms with Crippen molar-refractivity contribution in [3.63, 3.8) is 0 Å². The first-order valence-corrected chi connectivity index (χ1v) is 8.90. The number of rotatable bonds is 3. The summed E-state index contributed by atoms with van der Waals surface area (Å²) in [5.74, 6) is -0.225. The monoisotopic (exact) mass is 301 g/mol.